The first-order valence-electron chi connectivity index (χ1n) is 12.8. The molecule has 2 atom stereocenters. The lowest BCUT2D eigenvalue weighted by atomic mass is 9.76. The van der Waals surface area contributed by atoms with Crippen LogP contribution in [0.2, 0.25) is 0 Å². The van der Waals surface area contributed by atoms with Crippen LogP contribution in [-0.4, -0.2) is 64.2 Å². The number of rotatable bonds is 3. The number of halogens is 1. The fraction of sp³-hybridized carbons (Fsp3) is 0.917. The molecule has 2 saturated carbocycles. The SMILES string of the molecule is O=C1NNC2(CCCCCCCCC2)C(N2CCN(CC3CCCCC3)C(=O)C2)C1Br. The fourth-order valence-electron chi connectivity index (χ4n) is 6.44. The van der Waals surface area contributed by atoms with Gasteiger partial charge in [-0.1, -0.05) is 80.1 Å². The predicted octanol–water partition coefficient (Wildman–Crippen LogP) is 3.74. The molecule has 176 valence electrons. The number of nitrogens with one attached hydrogen (secondary N) is 2. The van der Waals surface area contributed by atoms with E-state index in [2.05, 4.69) is 36.6 Å². The third kappa shape index (κ3) is 5.64. The van der Waals surface area contributed by atoms with Gasteiger partial charge in [0.15, 0.2) is 0 Å². The first kappa shape index (κ1) is 23.5. The first-order chi connectivity index (χ1) is 15.1. The molecule has 0 aromatic heterocycles. The summed E-state index contributed by atoms with van der Waals surface area (Å²) in [6.45, 7) is 3.03. The van der Waals surface area contributed by atoms with Gasteiger partial charge >= 0.3 is 0 Å². The Morgan fingerprint density at radius 1 is 0.871 bits per heavy atom. The van der Waals surface area contributed by atoms with Crippen molar-refractivity contribution in [3.63, 3.8) is 0 Å². The molecule has 2 N–H and O–H groups in total. The zero-order valence-corrected chi connectivity index (χ0v) is 20.6. The molecule has 4 rings (SSSR count). The van der Waals surface area contributed by atoms with Crippen molar-refractivity contribution in [2.45, 2.75) is 106 Å². The van der Waals surface area contributed by atoms with Gasteiger partial charge in [0.05, 0.1) is 18.1 Å². The number of amides is 2. The number of hydrogen-bond donors (Lipinski definition) is 2. The van der Waals surface area contributed by atoms with Crippen LogP contribution in [0.15, 0.2) is 0 Å². The van der Waals surface area contributed by atoms with Crippen LogP contribution in [-0.2, 0) is 9.59 Å². The summed E-state index contributed by atoms with van der Waals surface area (Å²) in [5.74, 6) is 0.919. The minimum absolute atomic E-state index is 0.00944. The van der Waals surface area contributed by atoms with Crippen molar-refractivity contribution in [1.82, 2.24) is 20.7 Å². The molecule has 4 aliphatic rings. The highest BCUT2D eigenvalue weighted by Crippen LogP contribution is 2.37. The van der Waals surface area contributed by atoms with Gasteiger partial charge in [0.2, 0.25) is 11.8 Å². The van der Waals surface area contributed by atoms with Gasteiger partial charge in [0, 0.05) is 19.6 Å². The van der Waals surface area contributed by atoms with Gasteiger partial charge in [0.1, 0.15) is 4.83 Å². The van der Waals surface area contributed by atoms with Crippen LogP contribution in [0.25, 0.3) is 0 Å². The third-order valence-corrected chi connectivity index (χ3v) is 9.14. The molecule has 0 aromatic rings. The van der Waals surface area contributed by atoms with E-state index in [9.17, 15) is 9.59 Å². The molecule has 1 spiro atoms. The van der Waals surface area contributed by atoms with E-state index in [0.29, 0.717) is 12.5 Å². The van der Waals surface area contributed by atoms with Crippen molar-refractivity contribution in [3.8, 4) is 0 Å². The summed E-state index contributed by atoms with van der Waals surface area (Å²) in [4.78, 5) is 29.9. The number of nitrogens with zero attached hydrogens (tertiary/aromatic N) is 2. The quantitative estimate of drug-likeness (QED) is 0.584. The van der Waals surface area contributed by atoms with Crippen LogP contribution >= 0.6 is 15.9 Å². The summed E-state index contributed by atoms with van der Waals surface area (Å²) in [5.41, 5.74) is 6.27. The molecule has 0 aromatic carbocycles. The van der Waals surface area contributed by atoms with Gasteiger partial charge < -0.3 is 4.90 Å². The predicted molar refractivity (Wildman–Crippen MR) is 127 cm³/mol. The highest BCUT2D eigenvalue weighted by molar-refractivity contribution is 9.10. The molecule has 2 aliphatic heterocycles. The molecule has 2 heterocycles. The number of hydrazine groups is 1. The van der Waals surface area contributed by atoms with Gasteiger partial charge in [0.25, 0.3) is 0 Å². The molecule has 0 radical (unpaired) electrons. The van der Waals surface area contributed by atoms with Crippen LogP contribution in [0.4, 0.5) is 0 Å². The van der Waals surface area contributed by atoms with Crippen molar-refractivity contribution in [3.05, 3.63) is 0 Å². The summed E-state index contributed by atoms with van der Waals surface area (Å²) in [6, 6.07) is 0.0152. The Hall–Kier alpha value is -0.660. The summed E-state index contributed by atoms with van der Waals surface area (Å²) >= 11 is 3.74. The van der Waals surface area contributed by atoms with Crippen molar-refractivity contribution in [2.75, 3.05) is 26.2 Å². The van der Waals surface area contributed by atoms with Crippen molar-refractivity contribution in [2.24, 2.45) is 5.92 Å². The summed E-state index contributed by atoms with van der Waals surface area (Å²) in [7, 11) is 0. The molecule has 7 heteroatoms. The number of carbonyl (C=O) groups is 2. The lowest BCUT2D eigenvalue weighted by Gasteiger charge is -2.53. The second-order valence-corrected chi connectivity index (χ2v) is 11.4. The maximum atomic E-state index is 13.2. The Morgan fingerprint density at radius 3 is 2.13 bits per heavy atom. The molecule has 2 amide bonds. The van der Waals surface area contributed by atoms with Crippen LogP contribution in [0, 0.1) is 5.92 Å². The van der Waals surface area contributed by atoms with E-state index in [1.165, 1.54) is 77.0 Å². The minimum Gasteiger partial charge on any atom is -0.340 e. The normalized spacial score (nSPS) is 32.1. The van der Waals surface area contributed by atoms with E-state index in [1.54, 1.807) is 0 Å². The van der Waals surface area contributed by atoms with E-state index in [0.717, 1.165) is 32.5 Å². The average molecular weight is 498 g/mol. The lowest BCUT2D eigenvalue weighted by Crippen LogP contribution is -2.76. The van der Waals surface area contributed by atoms with E-state index >= 15 is 0 Å². The second kappa shape index (κ2) is 11.0. The lowest BCUT2D eigenvalue weighted by molar-refractivity contribution is -0.142. The van der Waals surface area contributed by atoms with E-state index in [1.807, 2.05) is 0 Å². The van der Waals surface area contributed by atoms with Crippen LogP contribution in [0.5, 0.6) is 0 Å². The maximum absolute atomic E-state index is 13.2. The van der Waals surface area contributed by atoms with Crippen LogP contribution in [0.1, 0.15) is 89.9 Å². The Labute approximate surface area is 196 Å². The van der Waals surface area contributed by atoms with Crippen LogP contribution in [0.3, 0.4) is 0 Å². The van der Waals surface area contributed by atoms with E-state index < -0.39 is 0 Å². The Kier molecular flexibility index (Phi) is 8.32. The van der Waals surface area contributed by atoms with Crippen LogP contribution < -0.4 is 10.9 Å². The van der Waals surface area contributed by atoms with E-state index in [-0.39, 0.29) is 28.2 Å². The van der Waals surface area contributed by atoms with Gasteiger partial charge in [-0.3, -0.25) is 19.9 Å². The Balaban J connectivity index is 1.46. The molecular formula is C24H41BrN4O2. The fourth-order valence-corrected chi connectivity index (χ4v) is 7.39. The molecule has 2 unspecified atom stereocenters. The topological polar surface area (TPSA) is 64.7 Å². The number of piperazine rings is 1. The largest absolute Gasteiger partial charge is 0.340 e. The summed E-state index contributed by atoms with van der Waals surface area (Å²) in [5, 5.41) is 0. The van der Waals surface area contributed by atoms with Crippen molar-refractivity contribution in [1.29, 1.82) is 0 Å². The molecular weight excluding hydrogens is 456 g/mol. The number of hydrogen-bond acceptors (Lipinski definition) is 4. The van der Waals surface area contributed by atoms with E-state index in [4.69, 9.17) is 0 Å². The number of alkyl halides is 1. The Bertz CT molecular complexity index is 615. The molecule has 2 saturated heterocycles. The molecule has 2 aliphatic carbocycles. The van der Waals surface area contributed by atoms with Gasteiger partial charge in [-0.05, 0) is 31.6 Å². The Morgan fingerprint density at radius 2 is 1.48 bits per heavy atom. The highest BCUT2D eigenvalue weighted by Gasteiger charge is 2.51. The molecule has 4 fully saturated rings. The van der Waals surface area contributed by atoms with Crippen molar-refractivity contribution < 1.29 is 9.59 Å². The zero-order chi connectivity index (χ0) is 21.7. The zero-order valence-electron chi connectivity index (χ0n) is 19.0. The first-order valence-corrected chi connectivity index (χ1v) is 13.7. The third-order valence-electron chi connectivity index (χ3n) is 8.22. The minimum atomic E-state index is -0.283. The smallest absolute Gasteiger partial charge is 0.249 e. The second-order valence-electron chi connectivity index (χ2n) is 10.4. The molecule has 6 nitrogen and oxygen atoms in total. The summed E-state index contributed by atoms with van der Waals surface area (Å²) in [6.07, 6.45) is 17.5. The van der Waals surface area contributed by atoms with Gasteiger partial charge in [-0.2, -0.15) is 0 Å². The van der Waals surface area contributed by atoms with Gasteiger partial charge in [-0.25, -0.2) is 5.43 Å². The number of carbonyl (C=O) groups excluding carboxylic acids is 2. The molecule has 31 heavy (non-hydrogen) atoms. The highest BCUT2D eigenvalue weighted by atomic mass is 79.9. The van der Waals surface area contributed by atoms with Crippen molar-refractivity contribution >= 4 is 27.7 Å². The standard InChI is InChI=1S/C24H41BrN4O2/c25-21-22(24(27-26-23(21)31)13-9-4-2-1-3-5-10-14-24)29-16-15-28(20(30)18-29)17-19-11-7-6-8-12-19/h19,21-22,27H,1-18H2,(H,26,31). The van der Waals surface area contributed by atoms with Gasteiger partial charge in [-0.15, -0.1) is 0 Å². The maximum Gasteiger partial charge on any atom is 0.249 e. The molecule has 0 bridgehead atoms. The monoisotopic (exact) mass is 496 g/mol. The average Bonchev–Trinajstić information content (AvgIpc) is 2.78. The summed E-state index contributed by atoms with van der Waals surface area (Å²) < 4.78 is 0.